The molecular weight excluding hydrogens is 906 g/mol. The van der Waals surface area contributed by atoms with E-state index in [0.29, 0.717) is 43.9 Å². The fourth-order valence-electron chi connectivity index (χ4n) is 9.26. The van der Waals surface area contributed by atoms with Crippen molar-refractivity contribution in [2.75, 3.05) is 68.3 Å². The normalized spacial score (nSPS) is 17.3. The third-order valence-corrected chi connectivity index (χ3v) is 15.0. The Morgan fingerprint density at radius 1 is 0.971 bits per heavy atom. The van der Waals surface area contributed by atoms with Gasteiger partial charge < -0.3 is 29.6 Å². The van der Waals surface area contributed by atoms with Gasteiger partial charge in [0.15, 0.2) is 15.6 Å². The molecule has 0 bridgehead atoms. The van der Waals surface area contributed by atoms with Gasteiger partial charge in [0.1, 0.15) is 34.2 Å². The number of sulfone groups is 1. The number of aromatic amines is 1. The number of amides is 1. The van der Waals surface area contributed by atoms with E-state index >= 15 is 0 Å². The quantitative estimate of drug-likeness (QED) is 0.0612. The molecule has 2 N–H and O–H groups in total. The second-order valence-corrected chi connectivity index (χ2v) is 22.4. The molecule has 68 heavy (non-hydrogen) atoms. The number of pyridine rings is 1. The van der Waals surface area contributed by atoms with E-state index in [1.807, 2.05) is 45.0 Å². The molecule has 2 aliphatic heterocycles. The van der Waals surface area contributed by atoms with Crippen molar-refractivity contribution >= 4 is 67.0 Å². The van der Waals surface area contributed by atoms with Gasteiger partial charge in [-0.05, 0) is 124 Å². The van der Waals surface area contributed by atoms with Gasteiger partial charge in [-0.15, -0.1) is 0 Å². The van der Waals surface area contributed by atoms with Gasteiger partial charge in [0, 0.05) is 86.8 Å². The molecule has 0 radical (unpaired) electrons. The van der Waals surface area contributed by atoms with Gasteiger partial charge in [0.2, 0.25) is 0 Å². The summed E-state index contributed by atoms with van der Waals surface area (Å²) in [6.45, 7) is 15.5. The number of piperidine rings is 1. The number of allylic oxidation sites excluding steroid dienone is 1. The van der Waals surface area contributed by atoms with E-state index < -0.39 is 37.6 Å². The van der Waals surface area contributed by atoms with Crippen LogP contribution in [0.15, 0.2) is 95.7 Å². The molecule has 3 aliphatic rings. The number of nitro benzene ring substituents is 1. The summed E-state index contributed by atoms with van der Waals surface area (Å²) in [7, 11) is -4.36. The number of benzene rings is 3. The van der Waals surface area contributed by atoms with Crippen LogP contribution in [0.5, 0.6) is 11.5 Å². The molecule has 3 aromatic carbocycles. The van der Waals surface area contributed by atoms with Crippen molar-refractivity contribution in [3.8, 4) is 11.5 Å². The van der Waals surface area contributed by atoms with Crippen molar-refractivity contribution in [3.05, 3.63) is 117 Å². The number of halogens is 1. The molecule has 2 fully saturated rings. The Morgan fingerprint density at radius 3 is 2.41 bits per heavy atom. The fourth-order valence-corrected chi connectivity index (χ4v) is 10.6. The van der Waals surface area contributed by atoms with Crippen LogP contribution >= 0.6 is 11.6 Å². The van der Waals surface area contributed by atoms with Gasteiger partial charge in [0.25, 0.3) is 5.69 Å². The number of Topliss-reactive ketones (excluding diaryl/α,β-unsaturated/α-hetero) is 1. The number of carbonyl (C=O) groups is 2. The summed E-state index contributed by atoms with van der Waals surface area (Å²) in [6, 6.07) is 20.6. The molecule has 4 heterocycles. The Hall–Kier alpha value is -5.97. The second kappa shape index (κ2) is 19.9. The lowest BCUT2D eigenvalue weighted by atomic mass is 9.72. The predicted octanol–water partition coefficient (Wildman–Crippen LogP) is 10.4. The first-order valence-electron chi connectivity index (χ1n) is 23.2. The summed E-state index contributed by atoms with van der Waals surface area (Å²) in [5.41, 5.74) is 4.99. The van der Waals surface area contributed by atoms with E-state index in [-0.39, 0.29) is 39.3 Å². The molecule has 2 aromatic heterocycles. The van der Waals surface area contributed by atoms with Gasteiger partial charge in [-0.1, -0.05) is 43.2 Å². The zero-order valence-electron chi connectivity index (χ0n) is 39.3. The van der Waals surface area contributed by atoms with Crippen molar-refractivity contribution in [3.63, 3.8) is 0 Å². The summed E-state index contributed by atoms with van der Waals surface area (Å²) in [4.78, 5) is 51.8. The van der Waals surface area contributed by atoms with Crippen LogP contribution in [0.2, 0.25) is 5.02 Å². The molecular formula is C51H60ClN7O8S. The number of aromatic nitrogens is 2. The maximum atomic E-state index is 14.1. The average Bonchev–Trinajstić information content (AvgIpc) is 3.77. The zero-order chi connectivity index (χ0) is 48.4. The van der Waals surface area contributed by atoms with E-state index in [0.717, 1.165) is 74.1 Å². The topological polar surface area (TPSA) is 180 Å². The van der Waals surface area contributed by atoms with Crippen LogP contribution in [0.25, 0.3) is 16.6 Å². The lowest BCUT2D eigenvalue weighted by Gasteiger charge is -2.39. The van der Waals surface area contributed by atoms with Crippen LogP contribution in [0.1, 0.15) is 82.6 Å². The molecule has 2 saturated heterocycles. The van der Waals surface area contributed by atoms with Crippen LogP contribution in [0.3, 0.4) is 0 Å². The third-order valence-electron chi connectivity index (χ3n) is 13.1. The minimum atomic E-state index is -4.36. The number of hydrogen-bond acceptors (Lipinski definition) is 12. The number of piperazine rings is 1. The highest BCUT2D eigenvalue weighted by Crippen LogP contribution is 2.44. The monoisotopic (exact) mass is 965 g/mol. The number of nitrogens with one attached hydrogen (secondary N) is 2. The SMILES string of the molecule is CC1(C)CCC(CN2CCN(c3ccc(C(=O)CS(=O)(=O)c4ccc(NCC5CCN(C(=O)OC(C)(C)C)CC5)c([N+](=O)[O-])c4)c(Oc4cnc5[nH]ccc5c4)c3)CC2)=C(c2ccc(Cl)cc2)C1. The maximum absolute atomic E-state index is 14.1. The van der Waals surface area contributed by atoms with Gasteiger partial charge >= 0.3 is 6.09 Å². The highest BCUT2D eigenvalue weighted by Gasteiger charge is 2.32. The number of anilines is 2. The highest BCUT2D eigenvalue weighted by molar-refractivity contribution is 7.92. The van der Waals surface area contributed by atoms with Gasteiger partial charge in [0.05, 0.1) is 21.6 Å². The third kappa shape index (κ3) is 11.8. The Bertz CT molecular complexity index is 2820. The van der Waals surface area contributed by atoms with E-state index in [1.165, 1.54) is 35.0 Å². The lowest BCUT2D eigenvalue weighted by molar-refractivity contribution is -0.384. The minimum absolute atomic E-state index is 0.0533. The molecule has 8 rings (SSSR count). The molecule has 0 spiro atoms. The largest absolute Gasteiger partial charge is 0.455 e. The Labute approximate surface area is 402 Å². The van der Waals surface area contributed by atoms with E-state index in [9.17, 15) is 28.1 Å². The number of nitro groups is 1. The summed E-state index contributed by atoms with van der Waals surface area (Å²) >= 11 is 6.25. The summed E-state index contributed by atoms with van der Waals surface area (Å²) < 4.78 is 39.7. The first-order chi connectivity index (χ1) is 32.3. The van der Waals surface area contributed by atoms with Gasteiger partial charge in [-0.3, -0.25) is 19.8 Å². The van der Waals surface area contributed by atoms with Crippen LogP contribution < -0.4 is 15.0 Å². The molecule has 0 unspecified atom stereocenters. The number of fused-ring (bicyclic) bond motifs is 1. The number of H-pyrrole nitrogens is 1. The standard InChI is InChI=1S/C51H60ClN7O8S/c1-50(2,3)67-49(61)58-20-16-34(17-21-58)30-54-44-13-11-41(28-45(44)59(62)63)68(64,65)33-46(60)42-12-10-39(27-47(42)66-40-26-36-15-19-53-48(36)55-31-40)57-24-22-56(23-25-57)32-37-14-18-51(4,5)29-43(37)35-6-8-38(52)9-7-35/h6-13,15,19,26-28,31,34,54H,14,16-18,20-25,29-30,32-33H2,1-5H3,(H,53,55). The second-order valence-electron chi connectivity index (χ2n) is 20.0. The number of likely N-dealkylation sites (tertiary alicyclic amines) is 1. The maximum Gasteiger partial charge on any atom is 0.410 e. The van der Waals surface area contributed by atoms with Crippen LogP contribution in [0, 0.1) is 21.4 Å². The number of nitrogens with zero attached hydrogens (tertiary/aromatic N) is 5. The first kappa shape index (κ1) is 48.5. The van der Waals surface area contributed by atoms with Gasteiger partial charge in [-0.25, -0.2) is 18.2 Å². The summed E-state index contributed by atoms with van der Waals surface area (Å²) in [5, 5.41) is 16.9. The smallest absolute Gasteiger partial charge is 0.410 e. The van der Waals surface area contributed by atoms with E-state index in [1.54, 1.807) is 29.3 Å². The number of rotatable bonds is 14. The van der Waals surface area contributed by atoms with Gasteiger partial charge in [-0.2, -0.15) is 0 Å². The number of ether oxygens (including phenoxy) is 2. The summed E-state index contributed by atoms with van der Waals surface area (Å²) in [5.74, 6) is -1.01. The Kier molecular flexibility index (Phi) is 14.2. The Morgan fingerprint density at radius 2 is 1.71 bits per heavy atom. The van der Waals surface area contributed by atoms with Crippen molar-refractivity contribution in [1.82, 2.24) is 19.8 Å². The number of ketones is 1. The zero-order valence-corrected chi connectivity index (χ0v) is 40.9. The number of carbonyl (C=O) groups excluding carboxylic acids is 2. The first-order valence-corrected chi connectivity index (χ1v) is 25.3. The molecule has 5 aromatic rings. The van der Waals surface area contributed by atoms with Crippen molar-refractivity contribution in [2.45, 2.75) is 77.2 Å². The predicted molar refractivity (Wildman–Crippen MR) is 266 cm³/mol. The van der Waals surface area contributed by atoms with Crippen molar-refractivity contribution in [2.24, 2.45) is 11.3 Å². The Balaban J connectivity index is 0.961. The molecule has 360 valence electrons. The minimum Gasteiger partial charge on any atom is -0.455 e. The molecule has 0 saturated carbocycles. The highest BCUT2D eigenvalue weighted by atomic mass is 35.5. The van der Waals surface area contributed by atoms with Crippen molar-refractivity contribution < 1.29 is 32.4 Å². The summed E-state index contributed by atoms with van der Waals surface area (Å²) in [6.07, 6.45) is 7.45. The van der Waals surface area contributed by atoms with E-state index in [2.05, 4.69) is 51.1 Å². The van der Waals surface area contributed by atoms with Crippen LogP contribution in [-0.2, 0) is 14.6 Å². The fraction of sp³-hybridized carbons (Fsp3) is 0.431. The molecule has 1 amide bonds. The van der Waals surface area contributed by atoms with Crippen molar-refractivity contribution in [1.29, 1.82) is 0 Å². The van der Waals surface area contributed by atoms with E-state index in [4.69, 9.17) is 21.1 Å². The molecule has 0 atom stereocenters. The molecule has 17 heteroatoms. The van der Waals surface area contributed by atoms with Crippen LogP contribution in [0.4, 0.5) is 21.9 Å². The molecule has 15 nitrogen and oxygen atoms in total. The average molecular weight is 967 g/mol. The van der Waals surface area contributed by atoms with Crippen LogP contribution in [-0.4, -0.2) is 109 Å². The molecule has 1 aliphatic carbocycles. The lowest BCUT2D eigenvalue weighted by Crippen LogP contribution is -2.47. The number of hydrogen-bond donors (Lipinski definition) is 2.